The third-order valence-electron chi connectivity index (χ3n) is 3.49. The summed E-state index contributed by atoms with van der Waals surface area (Å²) in [6.45, 7) is 5.61. The standard InChI is InChI=1S/C18H20N2O3/c1-18(2,3)15(21)13-9-10-14(20-16(13)19-4)11-5-7-12(8-6-11)17(22)23/h5-10H,1-4H3,(H,19,20)(H,22,23). The van der Waals surface area contributed by atoms with Crippen molar-refractivity contribution in [1.82, 2.24) is 4.98 Å². The van der Waals surface area contributed by atoms with Gasteiger partial charge in [0.1, 0.15) is 5.82 Å². The molecule has 2 N–H and O–H groups in total. The zero-order valence-corrected chi connectivity index (χ0v) is 13.7. The van der Waals surface area contributed by atoms with E-state index in [0.717, 1.165) is 5.56 Å². The predicted molar refractivity (Wildman–Crippen MR) is 90.0 cm³/mol. The number of pyridine rings is 1. The Hall–Kier alpha value is -2.69. The highest BCUT2D eigenvalue weighted by Crippen LogP contribution is 2.27. The summed E-state index contributed by atoms with van der Waals surface area (Å²) in [5.74, 6) is -0.432. The van der Waals surface area contributed by atoms with Crippen LogP contribution in [0.1, 0.15) is 41.5 Å². The van der Waals surface area contributed by atoms with Crippen molar-refractivity contribution in [1.29, 1.82) is 0 Å². The Balaban J connectivity index is 2.43. The van der Waals surface area contributed by atoms with Gasteiger partial charge in [-0.3, -0.25) is 4.79 Å². The molecule has 120 valence electrons. The number of nitrogens with zero attached hydrogens (tertiary/aromatic N) is 1. The molecule has 0 fully saturated rings. The van der Waals surface area contributed by atoms with E-state index in [2.05, 4.69) is 10.3 Å². The highest BCUT2D eigenvalue weighted by Gasteiger charge is 2.25. The molecular weight excluding hydrogens is 292 g/mol. The van der Waals surface area contributed by atoms with Gasteiger partial charge in [-0.15, -0.1) is 0 Å². The summed E-state index contributed by atoms with van der Waals surface area (Å²) in [5, 5.41) is 11.9. The van der Waals surface area contributed by atoms with Crippen LogP contribution in [0.3, 0.4) is 0 Å². The van der Waals surface area contributed by atoms with Crippen molar-refractivity contribution in [3.63, 3.8) is 0 Å². The van der Waals surface area contributed by atoms with Gasteiger partial charge in [0.25, 0.3) is 0 Å². The fourth-order valence-corrected chi connectivity index (χ4v) is 2.18. The van der Waals surface area contributed by atoms with Gasteiger partial charge in [-0.05, 0) is 24.3 Å². The molecule has 1 aromatic heterocycles. The minimum absolute atomic E-state index is 0.0159. The van der Waals surface area contributed by atoms with E-state index >= 15 is 0 Å². The molecule has 2 rings (SSSR count). The Bertz CT molecular complexity index is 744. The molecule has 0 saturated carbocycles. The molecule has 0 atom stereocenters. The van der Waals surface area contributed by atoms with Gasteiger partial charge in [0.15, 0.2) is 5.78 Å². The Morgan fingerprint density at radius 3 is 2.13 bits per heavy atom. The highest BCUT2D eigenvalue weighted by molar-refractivity contribution is 6.04. The molecule has 2 aromatic rings. The third-order valence-corrected chi connectivity index (χ3v) is 3.49. The lowest BCUT2D eigenvalue weighted by molar-refractivity contribution is 0.0696. The lowest BCUT2D eigenvalue weighted by Crippen LogP contribution is -2.21. The number of aromatic carboxylic acids is 1. The number of carboxylic acid groups (broad SMARTS) is 1. The zero-order chi connectivity index (χ0) is 17.2. The maximum Gasteiger partial charge on any atom is 0.335 e. The topological polar surface area (TPSA) is 79.3 Å². The van der Waals surface area contributed by atoms with Gasteiger partial charge in [0.2, 0.25) is 0 Å². The largest absolute Gasteiger partial charge is 0.478 e. The van der Waals surface area contributed by atoms with Crippen LogP contribution in [0, 0.1) is 5.41 Å². The number of carboxylic acids is 1. The van der Waals surface area contributed by atoms with Crippen molar-refractivity contribution in [3.8, 4) is 11.3 Å². The van der Waals surface area contributed by atoms with Gasteiger partial charge < -0.3 is 10.4 Å². The molecule has 0 aliphatic heterocycles. The average Bonchev–Trinajstić information content (AvgIpc) is 2.52. The number of benzene rings is 1. The minimum atomic E-state index is -0.966. The van der Waals surface area contributed by atoms with Crippen molar-refractivity contribution in [2.75, 3.05) is 12.4 Å². The van der Waals surface area contributed by atoms with Gasteiger partial charge in [-0.1, -0.05) is 32.9 Å². The normalized spacial score (nSPS) is 11.1. The van der Waals surface area contributed by atoms with Crippen molar-refractivity contribution >= 4 is 17.6 Å². The van der Waals surface area contributed by atoms with Crippen LogP contribution in [-0.2, 0) is 0 Å². The first kappa shape index (κ1) is 16.7. The maximum absolute atomic E-state index is 12.5. The number of carbonyl (C=O) groups is 2. The quantitative estimate of drug-likeness (QED) is 0.841. The van der Waals surface area contributed by atoms with Crippen LogP contribution in [0.15, 0.2) is 36.4 Å². The monoisotopic (exact) mass is 312 g/mol. The van der Waals surface area contributed by atoms with Crippen LogP contribution in [0.5, 0.6) is 0 Å². The zero-order valence-electron chi connectivity index (χ0n) is 13.7. The number of hydrogen-bond donors (Lipinski definition) is 2. The lowest BCUT2D eigenvalue weighted by Gasteiger charge is -2.19. The Labute approximate surface area is 135 Å². The van der Waals surface area contributed by atoms with Crippen LogP contribution in [0.2, 0.25) is 0 Å². The summed E-state index contributed by atoms with van der Waals surface area (Å²) in [6, 6.07) is 10.0. The van der Waals surface area contributed by atoms with Crippen molar-refractivity contribution in [2.24, 2.45) is 5.41 Å². The number of Topliss-reactive ketones (excluding diaryl/α,β-unsaturated/α-hetero) is 1. The van der Waals surface area contributed by atoms with Gasteiger partial charge in [0, 0.05) is 18.0 Å². The molecule has 0 bridgehead atoms. The van der Waals surface area contributed by atoms with Crippen molar-refractivity contribution in [3.05, 3.63) is 47.5 Å². The van der Waals surface area contributed by atoms with E-state index < -0.39 is 11.4 Å². The fraction of sp³-hybridized carbons (Fsp3) is 0.278. The molecule has 0 aliphatic rings. The number of nitrogens with one attached hydrogen (secondary N) is 1. The third kappa shape index (κ3) is 3.56. The van der Waals surface area contributed by atoms with E-state index in [4.69, 9.17) is 5.11 Å². The summed E-state index contributed by atoms with van der Waals surface area (Å²) in [7, 11) is 1.72. The van der Waals surface area contributed by atoms with E-state index in [-0.39, 0.29) is 11.3 Å². The van der Waals surface area contributed by atoms with Gasteiger partial charge in [-0.2, -0.15) is 0 Å². The van der Waals surface area contributed by atoms with Crippen LogP contribution in [0.25, 0.3) is 11.3 Å². The number of aromatic nitrogens is 1. The summed E-state index contributed by atoms with van der Waals surface area (Å²) in [4.78, 5) is 27.9. The van der Waals surface area contributed by atoms with E-state index in [1.54, 1.807) is 31.3 Å². The van der Waals surface area contributed by atoms with E-state index in [0.29, 0.717) is 17.1 Å². The summed E-state index contributed by atoms with van der Waals surface area (Å²) in [6.07, 6.45) is 0. The average molecular weight is 312 g/mol. The summed E-state index contributed by atoms with van der Waals surface area (Å²) < 4.78 is 0. The Kier molecular flexibility index (Phi) is 4.50. The number of hydrogen-bond acceptors (Lipinski definition) is 4. The first-order valence-electron chi connectivity index (χ1n) is 7.31. The van der Waals surface area contributed by atoms with Crippen LogP contribution >= 0.6 is 0 Å². The SMILES string of the molecule is CNc1nc(-c2ccc(C(=O)O)cc2)ccc1C(=O)C(C)(C)C. The van der Waals surface area contributed by atoms with Crippen molar-refractivity contribution in [2.45, 2.75) is 20.8 Å². The van der Waals surface area contributed by atoms with E-state index in [1.165, 1.54) is 12.1 Å². The molecular formula is C18H20N2O3. The Morgan fingerprint density at radius 1 is 1.04 bits per heavy atom. The van der Waals surface area contributed by atoms with Crippen LogP contribution < -0.4 is 5.32 Å². The molecule has 1 heterocycles. The molecule has 5 nitrogen and oxygen atoms in total. The molecule has 1 aromatic carbocycles. The van der Waals surface area contributed by atoms with Gasteiger partial charge in [0.05, 0.1) is 16.8 Å². The second kappa shape index (κ2) is 6.20. The van der Waals surface area contributed by atoms with Crippen molar-refractivity contribution < 1.29 is 14.7 Å². The molecule has 0 spiro atoms. The van der Waals surface area contributed by atoms with Gasteiger partial charge >= 0.3 is 5.97 Å². The smallest absolute Gasteiger partial charge is 0.335 e. The molecule has 23 heavy (non-hydrogen) atoms. The molecule has 0 unspecified atom stereocenters. The molecule has 0 amide bonds. The first-order valence-corrected chi connectivity index (χ1v) is 7.31. The van der Waals surface area contributed by atoms with Crippen LogP contribution in [-0.4, -0.2) is 28.9 Å². The summed E-state index contributed by atoms with van der Waals surface area (Å²) >= 11 is 0. The number of anilines is 1. The summed E-state index contributed by atoms with van der Waals surface area (Å²) in [5.41, 5.74) is 1.75. The number of carbonyl (C=O) groups excluding carboxylic acids is 1. The van der Waals surface area contributed by atoms with E-state index in [9.17, 15) is 9.59 Å². The Morgan fingerprint density at radius 2 is 1.65 bits per heavy atom. The first-order chi connectivity index (χ1) is 10.7. The molecule has 5 heteroatoms. The van der Waals surface area contributed by atoms with E-state index in [1.807, 2.05) is 20.8 Å². The second-order valence-corrected chi connectivity index (χ2v) is 6.30. The maximum atomic E-state index is 12.5. The second-order valence-electron chi connectivity index (χ2n) is 6.30. The predicted octanol–water partition coefficient (Wildman–Crippen LogP) is 3.72. The van der Waals surface area contributed by atoms with Crippen LogP contribution in [0.4, 0.5) is 5.82 Å². The fourth-order valence-electron chi connectivity index (χ4n) is 2.18. The minimum Gasteiger partial charge on any atom is -0.478 e. The molecule has 0 radical (unpaired) electrons. The van der Waals surface area contributed by atoms with Gasteiger partial charge in [-0.25, -0.2) is 9.78 Å². The number of rotatable bonds is 4. The molecule has 0 saturated heterocycles. The number of ketones is 1. The lowest BCUT2D eigenvalue weighted by atomic mass is 9.86. The highest BCUT2D eigenvalue weighted by atomic mass is 16.4. The molecule has 0 aliphatic carbocycles.